The summed E-state index contributed by atoms with van der Waals surface area (Å²) in [7, 11) is 0. The topological polar surface area (TPSA) is 46.9 Å². The van der Waals surface area contributed by atoms with Crippen molar-refractivity contribution in [3.8, 4) is 0 Å². The minimum Gasteiger partial charge on any atom is -0.355 e. The fraction of sp³-hybridized carbons (Fsp3) is 0.333. The summed E-state index contributed by atoms with van der Waals surface area (Å²) in [5, 5.41) is 3.66. The van der Waals surface area contributed by atoms with Gasteiger partial charge in [-0.3, -0.25) is 4.79 Å². The maximum Gasteiger partial charge on any atom is 0.230 e. The average Bonchev–Trinajstić information content (AvgIpc) is 2.97. The van der Waals surface area contributed by atoms with Crippen LogP contribution in [0, 0.1) is 0 Å². The lowest BCUT2D eigenvalue weighted by atomic mass is 10.2. The third kappa shape index (κ3) is 6.23. The molecule has 2 aromatic rings. The summed E-state index contributed by atoms with van der Waals surface area (Å²) in [6, 6.07) is 7.72. The Kier molecular flexibility index (Phi) is 6.63. The molecule has 0 bridgehead atoms. The molecule has 21 heavy (non-hydrogen) atoms. The number of aryl methyl sites for hydroxylation is 1. The number of carbonyl (C=O) groups excluding carboxylic acids is 1. The molecule has 0 aliphatic heterocycles. The lowest BCUT2D eigenvalue weighted by Gasteiger charge is -2.06. The van der Waals surface area contributed by atoms with E-state index >= 15 is 0 Å². The predicted octanol–water partition coefficient (Wildman–Crippen LogP) is 2.98. The normalized spacial score (nSPS) is 10.5. The summed E-state index contributed by atoms with van der Waals surface area (Å²) in [5.41, 5.74) is 1.14. The second kappa shape index (κ2) is 8.74. The molecular weight excluding hydrogens is 306 g/mol. The van der Waals surface area contributed by atoms with E-state index in [1.165, 1.54) is 0 Å². The summed E-state index contributed by atoms with van der Waals surface area (Å²) in [4.78, 5) is 15.7. The molecular formula is C15H18ClN3OS. The highest BCUT2D eigenvalue weighted by molar-refractivity contribution is 7.99. The van der Waals surface area contributed by atoms with E-state index in [0.29, 0.717) is 12.3 Å². The number of hydrogen-bond acceptors (Lipinski definition) is 3. The number of thioether (sulfide) groups is 1. The van der Waals surface area contributed by atoms with Crippen molar-refractivity contribution < 1.29 is 4.79 Å². The Morgan fingerprint density at radius 2 is 2.33 bits per heavy atom. The minimum atomic E-state index is 0.0765. The van der Waals surface area contributed by atoms with Gasteiger partial charge in [0.2, 0.25) is 5.91 Å². The third-order valence-corrected chi connectivity index (χ3v) is 4.10. The van der Waals surface area contributed by atoms with E-state index in [1.807, 2.05) is 35.0 Å². The Balaban J connectivity index is 1.55. The molecule has 1 heterocycles. The summed E-state index contributed by atoms with van der Waals surface area (Å²) < 4.78 is 2.00. The number of hydrogen-bond donors (Lipinski definition) is 1. The molecule has 1 aromatic carbocycles. The van der Waals surface area contributed by atoms with Crippen molar-refractivity contribution in [2.24, 2.45) is 0 Å². The highest BCUT2D eigenvalue weighted by Gasteiger charge is 2.02. The second-order valence-corrected chi connectivity index (χ2v) is 6.05. The molecule has 2 rings (SSSR count). The van der Waals surface area contributed by atoms with Crippen molar-refractivity contribution in [2.75, 3.05) is 12.3 Å². The first-order chi connectivity index (χ1) is 10.2. The monoisotopic (exact) mass is 323 g/mol. The van der Waals surface area contributed by atoms with Crippen LogP contribution in [0.1, 0.15) is 12.0 Å². The van der Waals surface area contributed by atoms with Gasteiger partial charge in [0, 0.05) is 36.3 Å². The molecule has 1 amide bonds. The van der Waals surface area contributed by atoms with Gasteiger partial charge in [-0.15, -0.1) is 11.8 Å². The highest BCUT2D eigenvalue weighted by atomic mass is 35.5. The van der Waals surface area contributed by atoms with Crippen LogP contribution in [0.4, 0.5) is 0 Å². The predicted molar refractivity (Wildman–Crippen MR) is 87.5 cm³/mol. The van der Waals surface area contributed by atoms with Gasteiger partial charge in [0.1, 0.15) is 0 Å². The Morgan fingerprint density at radius 1 is 1.43 bits per heavy atom. The number of halogens is 1. The Labute approximate surface area is 133 Å². The zero-order chi connectivity index (χ0) is 14.9. The molecule has 0 fully saturated rings. The molecule has 112 valence electrons. The van der Waals surface area contributed by atoms with Gasteiger partial charge in [-0.2, -0.15) is 0 Å². The quantitative estimate of drug-likeness (QED) is 0.760. The van der Waals surface area contributed by atoms with Crippen LogP contribution in [-0.2, 0) is 17.1 Å². The first-order valence-electron chi connectivity index (χ1n) is 6.78. The Bertz CT molecular complexity index is 560. The number of benzene rings is 1. The van der Waals surface area contributed by atoms with Crippen LogP contribution in [0.5, 0.6) is 0 Å². The van der Waals surface area contributed by atoms with Crippen molar-refractivity contribution in [2.45, 2.75) is 18.7 Å². The van der Waals surface area contributed by atoms with E-state index in [1.54, 1.807) is 24.3 Å². The molecule has 1 N–H and O–H groups in total. The maximum absolute atomic E-state index is 11.7. The van der Waals surface area contributed by atoms with Crippen molar-refractivity contribution in [3.05, 3.63) is 53.6 Å². The van der Waals surface area contributed by atoms with Crippen molar-refractivity contribution in [1.29, 1.82) is 0 Å². The molecule has 0 aliphatic rings. The van der Waals surface area contributed by atoms with E-state index in [0.717, 1.165) is 29.3 Å². The van der Waals surface area contributed by atoms with Crippen LogP contribution >= 0.6 is 23.4 Å². The number of nitrogens with zero attached hydrogens (tertiary/aromatic N) is 2. The highest BCUT2D eigenvalue weighted by Crippen LogP contribution is 2.16. The minimum absolute atomic E-state index is 0.0765. The van der Waals surface area contributed by atoms with Gasteiger partial charge in [0.15, 0.2) is 0 Å². The molecule has 0 saturated carbocycles. The van der Waals surface area contributed by atoms with Gasteiger partial charge in [0.25, 0.3) is 0 Å². The largest absolute Gasteiger partial charge is 0.355 e. The fourth-order valence-corrected chi connectivity index (χ4v) is 2.87. The van der Waals surface area contributed by atoms with Gasteiger partial charge in [-0.1, -0.05) is 23.7 Å². The molecule has 0 atom stereocenters. The van der Waals surface area contributed by atoms with Crippen LogP contribution in [0.15, 0.2) is 43.0 Å². The van der Waals surface area contributed by atoms with Crippen LogP contribution in [-0.4, -0.2) is 27.8 Å². The molecule has 0 aliphatic carbocycles. The summed E-state index contributed by atoms with van der Waals surface area (Å²) in [5.74, 6) is 1.34. The maximum atomic E-state index is 11.7. The van der Waals surface area contributed by atoms with Gasteiger partial charge in [-0.25, -0.2) is 4.98 Å². The lowest BCUT2D eigenvalue weighted by molar-refractivity contribution is -0.118. The van der Waals surface area contributed by atoms with Gasteiger partial charge < -0.3 is 9.88 Å². The molecule has 1 aromatic heterocycles. The van der Waals surface area contributed by atoms with Crippen LogP contribution in [0.25, 0.3) is 0 Å². The molecule has 0 saturated heterocycles. The van der Waals surface area contributed by atoms with E-state index < -0.39 is 0 Å². The summed E-state index contributed by atoms with van der Waals surface area (Å²) in [6.07, 6.45) is 6.36. The van der Waals surface area contributed by atoms with Crippen molar-refractivity contribution in [1.82, 2.24) is 14.9 Å². The van der Waals surface area contributed by atoms with Gasteiger partial charge in [-0.05, 0) is 24.1 Å². The second-order valence-electron chi connectivity index (χ2n) is 4.63. The SMILES string of the molecule is O=C(CSCc1cccc(Cl)c1)NCCCn1ccnc1. The molecule has 0 radical (unpaired) electrons. The number of imidazole rings is 1. The first kappa shape index (κ1) is 15.9. The van der Waals surface area contributed by atoms with Crippen molar-refractivity contribution in [3.63, 3.8) is 0 Å². The zero-order valence-electron chi connectivity index (χ0n) is 11.7. The Hall–Kier alpha value is -1.46. The molecule has 0 unspecified atom stereocenters. The standard InChI is InChI=1S/C15H18ClN3OS/c16-14-4-1-3-13(9-14)10-21-11-15(20)18-5-2-7-19-8-6-17-12-19/h1,3-4,6,8-9,12H,2,5,7,10-11H2,(H,18,20). The number of amides is 1. The molecule has 4 nitrogen and oxygen atoms in total. The van der Waals surface area contributed by atoms with E-state index in [-0.39, 0.29) is 5.91 Å². The number of aromatic nitrogens is 2. The average molecular weight is 324 g/mol. The molecule has 6 heteroatoms. The van der Waals surface area contributed by atoms with E-state index in [9.17, 15) is 4.79 Å². The summed E-state index contributed by atoms with van der Waals surface area (Å²) in [6.45, 7) is 1.56. The summed E-state index contributed by atoms with van der Waals surface area (Å²) >= 11 is 7.51. The zero-order valence-corrected chi connectivity index (χ0v) is 13.2. The fourth-order valence-electron chi connectivity index (χ4n) is 1.85. The lowest BCUT2D eigenvalue weighted by Crippen LogP contribution is -2.26. The smallest absolute Gasteiger partial charge is 0.230 e. The van der Waals surface area contributed by atoms with Gasteiger partial charge in [0.05, 0.1) is 12.1 Å². The van der Waals surface area contributed by atoms with Crippen LogP contribution in [0.3, 0.4) is 0 Å². The number of nitrogens with one attached hydrogen (secondary N) is 1. The number of carbonyl (C=O) groups is 1. The first-order valence-corrected chi connectivity index (χ1v) is 8.32. The Morgan fingerprint density at radius 3 is 3.10 bits per heavy atom. The number of rotatable bonds is 8. The van der Waals surface area contributed by atoms with Crippen molar-refractivity contribution >= 4 is 29.3 Å². The molecule has 0 spiro atoms. The van der Waals surface area contributed by atoms with Crippen LogP contribution < -0.4 is 5.32 Å². The van der Waals surface area contributed by atoms with Crippen LogP contribution in [0.2, 0.25) is 5.02 Å². The van der Waals surface area contributed by atoms with E-state index in [2.05, 4.69) is 10.3 Å². The van der Waals surface area contributed by atoms with E-state index in [4.69, 9.17) is 11.6 Å². The van der Waals surface area contributed by atoms with Gasteiger partial charge >= 0.3 is 0 Å². The third-order valence-electron chi connectivity index (χ3n) is 2.87.